The van der Waals surface area contributed by atoms with Crippen LogP contribution in [-0.2, 0) is 9.59 Å². The molecule has 25 heavy (non-hydrogen) atoms. The van der Waals surface area contributed by atoms with Crippen LogP contribution in [0.3, 0.4) is 0 Å². The van der Waals surface area contributed by atoms with Crippen molar-refractivity contribution >= 4 is 23.2 Å². The lowest BCUT2D eigenvalue weighted by atomic mass is 10.1. The number of rotatable bonds is 7. The summed E-state index contributed by atoms with van der Waals surface area (Å²) in [5, 5.41) is 16.5. The third kappa shape index (κ3) is 7.30. The normalized spacial score (nSPS) is 11.3. The van der Waals surface area contributed by atoms with Crippen LogP contribution in [0, 0.1) is 17.0 Å². The predicted octanol–water partition coefficient (Wildman–Crippen LogP) is 2.08. The summed E-state index contributed by atoms with van der Waals surface area (Å²) in [6.45, 7) is 9.77. The Labute approximate surface area is 147 Å². The van der Waals surface area contributed by atoms with Crippen molar-refractivity contribution < 1.29 is 14.5 Å². The first kappa shape index (κ1) is 20.6. The van der Waals surface area contributed by atoms with Gasteiger partial charge >= 0.3 is 0 Å². The molecular formula is C17H26N4O4. The minimum absolute atomic E-state index is 0.0287. The molecule has 1 aromatic rings. The van der Waals surface area contributed by atoms with Gasteiger partial charge < -0.3 is 10.6 Å². The Balaban J connectivity index is 2.71. The third-order valence-electron chi connectivity index (χ3n) is 3.32. The highest BCUT2D eigenvalue weighted by molar-refractivity contribution is 5.94. The molecule has 0 saturated carbocycles. The maximum Gasteiger partial charge on any atom is 0.293 e. The van der Waals surface area contributed by atoms with Gasteiger partial charge in [-0.25, -0.2) is 0 Å². The molecule has 0 aliphatic rings. The van der Waals surface area contributed by atoms with Gasteiger partial charge in [0.25, 0.3) is 5.69 Å². The van der Waals surface area contributed by atoms with Crippen molar-refractivity contribution in [2.45, 2.75) is 40.2 Å². The first-order valence-electron chi connectivity index (χ1n) is 8.10. The molecule has 0 spiro atoms. The number of aryl methyl sites for hydroxylation is 1. The number of carbonyl (C=O) groups excluding carboxylic acids is 2. The van der Waals surface area contributed by atoms with E-state index in [2.05, 4.69) is 10.6 Å². The van der Waals surface area contributed by atoms with Gasteiger partial charge in [0.05, 0.1) is 18.0 Å². The highest BCUT2D eigenvalue weighted by atomic mass is 16.6. The van der Waals surface area contributed by atoms with Crippen LogP contribution >= 0.6 is 0 Å². The van der Waals surface area contributed by atoms with Gasteiger partial charge in [0.2, 0.25) is 11.8 Å². The van der Waals surface area contributed by atoms with Crippen LogP contribution in [0.5, 0.6) is 0 Å². The number of carbonyl (C=O) groups is 2. The Morgan fingerprint density at radius 3 is 2.32 bits per heavy atom. The number of anilines is 1. The van der Waals surface area contributed by atoms with Crippen molar-refractivity contribution in [1.29, 1.82) is 0 Å². The van der Waals surface area contributed by atoms with Crippen LogP contribution in [0.4, 0.5) is 11.4 Å². The summed E-state index contributed by atoms with van der Waals surface area (Å²) in [5.74, 6) is -0.583. The number of nitro benzene ring substituents is 1. The van der Waals surface area contributed by atoms with E-state index in [0.29, 0.717) is 6.54 Å². The molecule has 138 valence electrons. The van der Waals surface area contributed by atoms with Gasteiger partial charge in [-0.2, -0.15) is 0 Å². The Bertz CT molecular complexity index is 653. The van der Waals surface area contributed by atoms with E-state index >= 15 is 0 Å². The Hall–Kier alpha value is -2.48. The summed E-state index contributed by atoms with van der Waals surface area (Å²) in [4.78, 5) is 36.4. The summed E-state index contributed by atoms with van der Waals surface area (Å²) in [7, 11) is 0. The fourth-order valence-electron chi connectivity index (χ4n) is 2.23. The molecule has 0 unspecified atom stereocenters. The van der Waals surface area contributed by atoms with Crippen LogP contribution in [0.1, 0.15) is 33.3 Å². The Morgan fingerprint density at radius 1 is 1.20 bits per heavy atom. The summed E-state index contributed by atoms with van der Waals surface area (Å²) in [6, 6.07) is 4.61. The summed E-state index contributed by atoms with van der Waals surface area (Å²) in [5.41, 5.74) is 0.387. The number of hydrogen-bond donors (Lipinski definition) is 2. The van der Waals surface area contributed by atoms with E-state index in [1.54, 1.807) is 17.9 Å². The van der Waals surface area contributed by atoms with Gasteiger partial charge in [-0.15, -0.1) is 0 Å². The molecule has 0 atom stereocenters. The van der Waals surface area contributed by atoms with Crippen molar-refractivity contribution in [3.63, 3.8) is 0 Å². The van der Waals surface area contributed by atoms with Crippen LogP contribution in [0.15, 0.2) is 18.2 Å². The molecule has 2 amide bonds. The molecule has 0 radical (unpaired) electrons. The van der Waals surface area contributed by atoms with E-state index in [-0.39, 0.29) is 35.9 Å². The fourth-order valence-corrected chi connectivity index (χ4v) is 2.23. The number of hydrogen-bond acceptors (Lipinski definition) is 5. The number of amides is 2. The van der Waals surface area contributed by atoms with Gasteiger partial charge in [-0.05, 0) is 45.9 Å². The number of nitro groups is 1. The smallest absolute Gasteiger partial charge is 0.293 e. The molecule has 0 aromatic heterocycles. The van der Waals surface area contributed by atoms with Crippen molar-refractivity contribution in [2.24, 2.45) is 0 Å². The number of nitrogens with one attached hydrogen (secondary N) is 2. The summed E-state index contributed by atoms with van der Waals surface area (Å²) >= 11 is 0. The van der Waals surface area contributed by atoms with Gasteiger partial charge in [-0.1, -0.05) is 13.0 Å². The molecule has 0 bridgehead atoms. The van der Waals surface area contributed by atoms with E-state index in [0.717, 1.165) is 5.56 Å². The molecule has 0 aliphatic carbocycles. The molecule has 2 N–H and O–H groups in total. The van der Waals surface area contributed by atoms with E-state index in [1.165, 1.54) is 12.1 Å². The lowest BCUT2D eigenvalue weighted by molar-refractivity contribution is -0.384. The summed E-state index contributed by atoms with van der Waals surface area (Å²) in [6.07, 6.45) is 0. The topological polar surface area (TPSA) is 105 Å². The van der Waals surface area contributed by atoms with Gasteiger partial charge in [-0.3, -0.25) is 24.6 Å². The maximum absolute atomic E-state index is 12.2. The zero-order valence-corrected chi connectivity index (χ0v) is 15.4. The van der Waals surface area contributed by atoms with E-state index in [1.807, 2.05) is 27.7 Å². The second kappa shape index (κ2) is 8.57. The maximum atomic E-state index is 12.2. The van der Waals surface area contributed by atoms with Crippen LogP contribution < -0.4 is 10.6 Å². The Morgan fingerprint density at radius 2 is 1.80 bits per heavy atom. The SMILES string of the molecule is CCN(CC(=O)Nc1ccc(C)cc1[N+](=O)[O-])CC(=O)NC(C)(C)C. The van der Waals surface area contributed by atoms with Crippen molar-refractivity contribution in [3.05, 3.63) is 33.9 Å². The molecule has 0 saturated heterocycles. The standard InChI is InChI=1S/C17H26N4O4/c1-6-20(11-16(23)19-17(3,4)5)10-15(22)18-13-8-7-12(2)9-14(13)21(24)25/h7-9H,6,10-11H2,1-5H3,(H,18,22)(H,19,23). The fraction of sp³-hybridized carbons (Fsp3) is 0.529. The van der Waals surface area contributed by atoms with Crippen molar-refractivity contribution in [1.82, 2.24) is 10.2 Å². The second-order valence-corrected chi connectivity index (χ2v) is 6.93. The lowest BCUT2D eigenvalue weighted by Gasteiger charge is -2.24. The van der Waals surface area contributed by atoms with Crippen molar-refractivity contribution in [3.8, 4) is 0 Å². The second-order valence-electron chi connectivity index (χ2n) is 6.93. The van der Waals surface area contributed by atoms with E-state index < -0.39 is 10.8 Å². The average Bonchev–Trinajstić information content (AvgIpc) is 2.46. The van der Waals surface area contributed by atoms with Crippen LogP contribution in [0.2, 0.25) is 0 Å². The Kier molecular flexibility index (Phi) is 7.05. The molecule has 1 aromatic carbocycles. The minimum atomic E-state index is -0.531. The monoisotopic (exact) mass is 350 g/mol. The molecule has 0 fully saturated rings. The molecule has 1 rings (SSSR count). The molecule has 0 heterocycles. The van der Waals surface area contributed by atoms with Gasteiger partial charge in [0, 0.05) is 11.6 Å². The zero-order valence-electron chi connectivity index (χ0n) is 15.4. The van der Waals surface area contributed by atoms with Crippen molar-refractivity contribution in [2.75, 3.05) is 25.0 Å². The third-order valence-corrected chi connectivity index (χ3v) is 3.32. The van der Waals surface area contributed by atoms with E-state index in [9.17, 15) is 19.7 Å². The largest absolute Gasteiger partial charge is 0.350 e. The molecule has 0 aliphatic heterocycles. The highest BCUT2D eigenvalue weighted by Crippen LogP contribution is 2.25. The van der Waals surface area contributed by atoms with Crippen LogP contribution in [-0.4, -0.2) is 46.8 Å². The highest BCUT2D eigenvalue weighted by Gasteiger charge is 2.20. The summed E-state index contributed by atoms with van der Waals surface area (Å²) < 4.78 is 0. The number of benzene rings is 1. The van der Waals surface area contributed by atoms with E-state index in [4.69, 9.17) is 0 Å². The molecule has 8 nitrogen and oxygen atoms in total. The zero-order chi connectivity index (χ0) is 19.2. The lowest BCUT2D eigenvalue weighted by Crippen LogP contribution is -2.47. The average molecular weight is 350 g/mol. The molecule has 8 heteroatoms. The van der Waals surface area contributed by atoms with Gasteiger partial charge in [0.1, 0.15) is 5.69 Å². The van der Waals surface area contributed by atoms with Gasteiger partial charge in [0.15, 0.2) is 0 Å². The number of nitrogens with zero attached hydrogens (tertiary/aromatic N) is 2. The quantitative estimate of drug-likeness (QED) is 0.579. The van der Waals surface area contributed by atoms with Crippen LogP contribution in [0.25, 0.3) is 0 Å². The molecular weight excluding hydrogens is 324 g/mol. The predicted molar refractivity (Wildman–Crippen MR) is 96.5 cm³/mol. The number of likely N-dealkylation sites (N-methyl/N-ethyl adjacent to an activating group) is 1. The first-order valence-corrected chi connectivity index (χ1v) is 8.10. The minimum Gasteiger partial charge on any atom is -0.350 e. The first-order chi connectivity index (χ1) is 11.5.